The Morgan fingerprint density at radius 1 is 1.47 bits per heavy atom. The summed E-state index contributed by atoms with van der Waals surface area (Å²) in [5.41, 5.74) is 0. The van der Waals surface area contributed by atoms with Gasteiger partial charge in [0.15, 0.2) is 0 Å². The van der Waals surface area contributed by atoms with Gasteiger partial charge in [-0.05, 0) is 19.4 Å². The van der Waals surface area contributed by atoms with Gasteiger partial charge in [0.2, 0.25) is 0 Å². The topological polar surface area (TPSA) is 16.1 Å². The van der Waals surface area contributed by atoms with E-state index in [1.807, 2.05) is 11.6 Å². The molecule has 1 atom stereocenters. The molecule has 0 aromatic carbocycles. The largest absolute Gasteiger partial charge is 0.293 e. The molecule has 2 nitrogen and oxygen atoms in total. The summed E-state index contributed by atoms with van der Waals surface area (Å²) < 4.78 is 0. The number of alkyl halides is 1. The first-order valence-electron chi connectivity index (χ1n) is 5.58. The van der Waals surface area contributed by atoms with E-state index in [0.29, 0.717) is 6.04 Å². The highest BCUT2D eigenvalue weighted by Crippen LogP contribution is 2.20. The second kappa shape index (κ2) is 5.83. The third-order valence-electron chi connectivity index (χ3n) is 3.00. The van der Waals surface area contributed by atoms with Crippen molar-refractivity contribution < 1.29 is 0 Å². The molecule has 0 N–H and O–H groups in total. The summed E-state index contributed by atoms with van der Waals surface area (Å²) in [6.45, 7) is 2.16. The molecule has 0 bridgehead atoms. The lowest BCUT2D eigenvalue weighted by molar-refractivity contribution is 0.207. The molecule has 1 saturated heterocycles. The highest BCUT2D eigenvalue weighted by Gasteiger charge is 2.20. The molecule has 0 radical (unpaired) electrons. The smallest absolute Gasteiger partial charge is 0.107 e. The number of aromatic nitrogens is 1. The van der Waals surface area contributed by atoms with Crippen molar-refractivity contribution in [3.63, 3.8) is 0 Å². The molecule has 15 heavy (non-hydrogen) atoms. The van der Waals surface area contributed by atoms with Gasteiger partial charge in [-0.25, -0.2) is 4.98 Å². The lowest BCUT2D eigenvalue weighted by Gasteiger charge is -2.27. The molecular formula is C11H17ClN2S. The number of hydrogen-bond acceptors (Lipinski definition) is 3. The van der Waals surface area contributed by atoms with E-state index >= 15 is 0 Å². The van der Waals surface area contributed by atoms with Crippen molar-refractivity contribution in [2.45, 2.75) is 38.3 Å². The van der Waals surface area contributed by atoms with Crippen LogP contribution in [0, 0.1) is 0 Å². The zero-order valence-electron chi connectivity index (χ0n) is 8.86. The molecule has 84 valence electrons. The molecular weight excluding hydrogens is 228 g/mol. The van der Waals surface area contributed by atoms with E-state index in [0.717, 1.165) is 12.4 Å². The van der Waals surface area contributed by atoms with Gasteiger partial charge in [-0.15, -0.1) is 22.9 Å². The summed E-state index contributed by atoms with van der Waals surface area (Å²) in [7, 11) is 0. The zero-order chi connectivity index (χ0) is 10.5. The van der Waals surface area contributed by atoms with E-state index in [-0.39, 0.29) is 0 Å². The van der Waals surface area contributed by atoms with E-state index in [9.17, 15) is 0 Å². The number of thiazole rings is 1. The summed E-state index contributed by atoms with van der Waals surface area (Å²) in [5.74, 6) is 0.755. The Morgan fingerprint density at radius 2 is 2.40 bits per heavy atom. The third kappa shape index (κ3) is 3.16. The lowest BCUT2D eigenvalue weighted by atomic mass is 10.1. The minimum Gasteiger partial charge on any atom is -0.293 e. The van der Waals surface area contributed by atoms with E-state index < -0.39 is 0 Å². The molecule has 1 aromatic heterocycles. The van der Waals surface area contributed by atoms with Crippen LogP contribution in [-0.2, 0) is 6.54 Å². The summed E-state index contributed by atoms with van der Waals surface area (Å²) >= 11 is 7.77. The van der Waals surface area contributed by atoms with Crippen molar-refractivity contribution in [2.75, 3.05) is 12.4 Å². The predicted molar refractivity (Wildman–Crippen MR) is 65.5 cm³/mol. The first-order chi connectivity index (χ1) is 7.40. The van der Waals surface area contributed by atoms with Crippen molar-refractivity contribution in [1.82, 2.24) is 9.88 Å². The van der Waals surface area contributed by atoms with Crippen LogP contribution in [0.25, 0.3) is 0 Å². The Kier molecular flexibility index (Phi) is 4.42. The second-order valence-electron chi connectivity index (χ2n) is 4.05. The number of halogens is 1. The van der Waals surface area contributed by atoms with Gasteiger partial charge in [-0.3, -0.25) is 4.90 Å². The average molecular weight is 245 g/mol. The Bertz CT molecular complexity index is 276. The van der Waals surface area contributed by atoms with Gasteiger partial charge in [0, 0.05) is 23.5 Å². The fourth-order valence-corrected chi connectivity index (χ4v) is 3.11. The van der Waals surface area contributed by atoms with Crippen molar-refractivity contribution in [2.24, 2.45) is 0 Å². The first kappa shape index (κ1) is 11.4. The van der Waals surface area contributed by atoms with Crippen molar-refractivity contribution in [3.8, 4) is 0 Å². The van der Waals surface area contributed by atoms with Crippen LogP contribution in [-0.4, -0.2) is 28.4 Å². The maximum atomic E-state index is 6.03. The second-order valence-corrected chi connectivity index (χ2v) is 5.34. The SMILES string of the molecule is ClCC1CCCCCN1Cc1nccs1. The van der Waals surface area contributed by atoms with Gasteiger partial charge in [0.05, 0.1) is 6.54 Å². The number of rotatable bonds is 3. The average Bonchev–Trinajstić information content (AvgIpc) is 2.64. The van der Waals surface area contributed by atoms with Crippen molar-refractivity contribution >= 4 is 22.9 Å². The van der Waals surface area contributed by atoms with Crippen LogP contribution in [0.5, 0.6) is 0 Å². The van der Waals surface area contributed by atoms with Crippen LogP contribution in [0.15, 0.2) is 11.6 Å². The maximum absolute atomic E-state index is 6.03. The minimum atomic E-state index is 0.554. The monoisotopic (exact) mass is 244 g/mol. The predicted octanol–water partition coefficient (Wildman–Crippen LogP) is 3.13. The highest BCUT2D eigenvalue weighted by atomic mass is 35.5. The van der Waals surface area contributed by atoms with E-state index in [1.165, 1.54) is 37.2 Å². The molecule has 2 heterocycles. The molecule has 0 aliphatic carbocycles. The fourth-order valence-electron chi connectivity index (χ4n) is 2.12. The number of hydrogen-bond donors (Lipinski definition) is 0. The van der Waals surface area contributed by atoms with Crippen LogP contribution in [0.2, 0.25) is 0 Å². The van der Waals surface area contributed by atoms with Gasteiger partial charge in [-0.1, -0.05) is 12.8 Å². The Hall–Kier alpha value is -0.120. The van der Waals surface area contributed by atoms with Crippen LogP contribution in [0.3, 0.4) is 0 Å². The summed E-state index contributed by atoms with van der Waals surface area (Å²) in [4.78, 5) is 6.84. The van der Waals surface area contributed by atoms with Gasteiger partial charge >= 0.3 is 0 Å². The highest BCUT2D eigenvalue weighted by molar-refractivity contribution is 7.09. The van der Waals surface area contributed by atoms with E-state index in [2.05, 4.69) is 9.88 Å². The van der Waals surface area contributed by atoms with Crippen LogP contribution in [0.4, 0.5) is 0 Å². The first-order valence-corrected chi connectivity index (χ1v) is 7.00. The molecule has 0 amide bonds. The maximum Gasteiger partial charge on any atom is 0.107 e. The van der Waals surface area contributed by atoms with Crippen LogP contribution < -0.4 is 0 Å². The van der Waals surface area contributed by atoms with Gasteiger partial charge in [0.25, 0.3) is 0 Å². The molecule has 0 saturated carbocycles. The van der Waals surface area contributed by atoms with E-state index in [4.69, 9.17) is 11.6 Å². The molecule has 2 rings (SSSR count). The lowest BCUT2D eigenvalue weighted by Crippen LogP contribution is -2.35. The summed E-state index contributed by atoms with van der Waals surface area (Å²) in [6, 6.07) is 0.554. The normalized spacial score (nSPS) is 23.9. The summed E-state index contributed by atoms with van der Waals surface area (Å²) in [5, 5.41) is 3.26. The molecule has 1 unspecified atom stereocenters. The molecule has 0 spiro atoms. The minimum absolute atomic E-state index is 0.554. The zero-order valence-corrected chi connectivity index (χ0v) is 10.4. The van der Waals surface area contributed by atoms with Crippen molar-refractivity contribution in [1.29, 1.82) is 0 Å². The van der Waals surface area contributed by atoms with Crippen LogP contribution in [0.1, 0.15) is 30.7 Å². The molecule has 1 fully saturated rings. The Labute approximate surface area is 100 Å². The Morgan fingerprint density at radius 3 is 3.13 bits per heavy atom. The molecule has 1 aliphatic rings. The molecule has 1 aliphatic heterocycles. The fraction of sp³-hybridized carbons (Fsp3) is 0.727. The van der Waals surface area contributed by atoms with Gasteiger partial charge in [-0.2, -0.15) is 0 Å². The third-order valence-corrected chi connectivity index (χ3v) is 4.12. The van der Waals surface area contributed by atoms with Gasteiger partial charge < -0.3 is 0 Å². The van der Waals surface area contributed by atoms with Gasteiger partial charge in [0.1, 0.15) is 5.01 Å². The standard InChI is InChI=1S/C11H17ClN2S/c12-8-10-4-2-1-3-6-14(10)9-11-13-5-7-15-11/h5,7,10H,1-4,6,8-9H2. The number of likely N-dealkylation sites (tertiary alicyclic amines) is 1. The molecule has 4 heteroatoms. The van der Waals surface area contributed by atoms with Crippen LogP contribution >= 0.6 is 22.9 Å². The molecule has 1 aromatic rings. The summed E-state index contributed by atoms with van der Waals surface area (Å²) in [6.07, 6.45) is 7.11. The quantitative estimate of drug-likeness (QED) is 0.760. The Balaban J connectivity index is 1.97. The van der Waals surface area contributed by atoms with E-state index in [1.54, 1.807) is 11.3 Å². The van der Waals surface area contributed by atoms with Crippen molar-refractivity contribution in [3.05, 3.63) is 16.6 Å². The number of nitrogens with zero attached hydrogens (tertiary/aromatic N) is 2.